The van der Waals surface area contributed by atoms with Gasteiger partial charge in [0.1, 0.15) is 0 Å². The van der Waals surface area contributed by atoms with Gasteiger partial charge < -0.3 is 15.1 Å². The number of ether oxygens (including phenoxy) is 1. The highest BCUT2D eigenvalue weighted by Gasteiger charge is 2.29. The van der Waals surface area contributed by atoms with Crippen molar-refractivity contribution in [1.82, 2.24) is 9.97 Å². The molecule has 1 aliphatic heterocycles. The fourth-order valence-corrected chi connectivity index (χ4v) is 2.34. The van der Waals surface area contributed by atoms with Crippen molar-refractivity contribution >= 4 is 23.2 Å². The van der Waals surface area contributed by atoms with Gasteiger partial charge in [-0.3, -0.25) is 0 Å². The molecule has 1 saturated heterocycles. The zero-order chi connectivity index (χ0) is 13.1. The van der Waals surface area contributed by atoms with E-state index in [9.17, 15) is 4.39 Å². The van der Waals surface area contributed by atoms with Crippen LogP contribution in [0.2, 0.25) is 5.28 Å². The molecule has 1 atom stereocenters. The number of anilines is 2. The molecule has 1 fully saturated rings. The molecular formula is C10H15ClFN5O. The average molecular weight is 276 g/mol. The molecule has 2 heterocycles. The molecule has 0 amide bonds. The van der Waals surface area contributed by atoms with Crippen LogP contribution in [0.4, 0.5) is 16.0 Å². The van der Waals surface area contributed by atoms with Crippen LogP contribution in [-0.2, 0) is 4.74 Å². The molecule has 0 radical (unpaired) electrons. The summed E-state index contributed by atoms with van der Waals surface area (Å²) in [5.74, 6) is 4.67. The van der Waals surface area contributed by atoms with Crippen molar-refractivity contribution in [3.63, 3.8) is 0 Å². The third-order valence-electron chi connectivity index (χ3n) is 2.95. The predicted octanol–water partition coefficient (Wildman–Crippen LogP) is 1.17. The molecule has 0 spiro atoms. The lowest BCUT2D eigenvalue weighted by Crippen LogP contribution is -2.34. The minimum atomic E-state index is -0.593. The molecule has 0 bridgehead atoms. The maximum Gasteiger partial charge on any atom is 0.226 e. The number of hydrogen-bond acceptors (Lipinski definition) is 6. The second kappa shape index (κ2) is 5.64. The first kappa shape index (κ1) is 13.3. The third-order valence-corrected chi connectivity index (χ3v) is 3.12. The maximum atomic E-state index is 14.1. The number of methoxy groups -OCH3 is 1. The lowest BCUT2D eigenvalue weighted by Gasteiger charge is -2.25. The minimum absolute atomic E-state index is 0.0394. The largest absolute Gasteiger partial charge is 0.383 e. The molecule has 1 aromatic rings. The van der Waals surface area contributed by atoms with E-state index in [-0.39, 0.29) is 23.0 Å². The Morgan fingerprint density at radius 3 is 3.06 bits per heavy atom. The van der Waals surface area contributed by atoms with Crippen LogP contribution in [0.15, 0.2) is 0 Å². The summed E-state index contributed by atoms with van der Waals surface area (Å²) in [6.07, 6.45) is 1.89. The molecule has 100 valence electrons. The van der Waals surface area contributed by atoms with Gasteiger partial charge in [0, 0.05) is 13.7 Å². The molecule has 3 N–H and O–H groups in total. The minimum Gasteiger partial charge on any atom is -0.383 e. The topological polar surface area (TPSA) is 76.3 Å². The van der Waals surface area contributed by atoms with E-state index in [2.05, 4.69) is 15.4 Å². The molecule has 0 saturated carbocycles. The van der Waals surface area contributed by atoms with Crippen molar-refractivity contribution in [3.05, 3.63) is 11.1 Å². The molecule has 0 unspecified atom stereocenters. The van der Waals surface area contributed by atoms with Gasteiger partial charge in [-0.25, -0.2) is 5.84 Å². The smallest absolute Gasteiger partial charge is 0.226 e. The highest BCUT2D eigenvalue weighted by Crippen LogP contribution is 2.29. The fourth-order valence-electron chi connectivity index (χ4n) is 2.17. The van der Waals surface area contributed by atoms with Gasteiger partial charge in [0.2, 0.25) is 11.1 Å². The van der Waals surface area contributed by atoms with Crippen LogP contribution in [0.1, 0.15) is 12.8 Å². The first-order chi connectivity index (χ1) is 8.67. The standard InChI is InChI=1S/C10H15ClFN5O/c1-18-5-6-3-2-4-17(6)9-7(12)8(16-13)14-10(11)15-9/h6H,2-5,13H2,1H3,(H,14,15,16)/t6-/m1/s1. The Hall–Kier alpha value is -1.18. The highest BCUT2D eigenvalue weighted by molar-refractivity contribution is 6.28. The summed E-state index contributed by atoms with van der Waals surface area (Å²) < 4.78 is 19.2. The van der Waals surface area contributed by atoms with E-state index in [1.165, 1.54) is 0 Å². The summed E-state index contributed by atoms with van der Waals surface area (Å²) >= 11 is 5.76. The highest BCUT2D eigenvalue weighted by atomic mass is 35.5. The van der Waals surface area contributed by atoms with Crippen molar-refractivity contribution in [2.75, 3.05) is 30.6 Å². The number of halogens is 2. The number of rotatable bonds is 4. The molecule has 0 aromatic carbocycles. The molecule has 1 aromatic heterocycles. The molecule has 0 aliphatic carbocycles. The maximum absolute atomic E-state index is 14.1. The van der Waals surface area contributed by atoms with E-state index in [0.29, 0.717) is 13.2 Å². The number of aromatic nitrogens is 2. The van der Waals surface area contributed by atoms with Crippen LogP contribution in [0, 0.1) is 5.82 Å². The van der Waals surface area contributed by atoms with Crippen molar-refractivity contribution in [2.24, 2.45) is 5.84 Å². The van der Waals surface area contributed by atoms with E-state index in [0.717, 1.165) is 12.8 Å². The van der Waals surface area contributed by atoms with Crippen LogP contribution >= 0.6 is 11.6 Å². The van der Waals surface area contributed by atoms with Gasteiger partial charge in [-0.05, 0) is 24.4 Å². The Morgan fingerprint density at radius 2 is 2.39 bits per heavy atom. The van der Waals surface area contributed by atoms with Gasteiger partial charge >= 0.3 is 0 Å². The number of nitrogen functional groups attached to an aromatic ring is 1. The van der Waals surface area contributed by atoms with Crippen molar-refractivity contribution in [2.45, 2.75) is 18.9 Å². The summed E-state index contributed by atoms with van der Waals surface area (Å²) in [7, 11) is 1.62. The number of hydrogen-bond donors (Lipinski definition) is 2. The van der Waals surface area contributed by atoms with Crippen LogP contribution in [0.25, 0.3) is 0 Å². The molecular weight excluding hydrogens is 261 g/mol. The normalized spacial score (nSPS) is 19.3. The van der Waals surface area contributed by atoms with E-state index < -0.39 is 5.82 Å². The monoisotopic (exact) mass is 275 g/mol. The first-order valence-electron chi connectivity index (χ1n) is 5.62. The molecule has 6 nitrogen and oxygen atoms in total. The molecule has 1 aliphatic rings. The number of hydrazine groups is 1. The quantitative estimate of drug-likeness (QED) is 0.488. The zero-order valence-corrected chi connectivity index (χ0v) is 10.7. The van der Waals surface area contributed by atoms with Crippen molar-refractivity contribution < 1.29 is 9.13 Å². The van der Waals surface area contributed by atoms with Gasteiger partial charge in [0.15, 0.2) is 11.6 Å². The van der Waals surface area contributed by atoms with E-state index in [1.807, 2.05) is 4.90 Å². The Labute approximate surface area is 109 Å². The van der Waals surface area contributed by atoms with Gasteiger partial charge in [-0.1, -0.05) is 0 Å². The lowest BCUT2D eigenvalue weighted by atomic mass is 10.2. The summed E-state index contributed by atoms with van der Waals surface area (Å²) in [5, 5.41) is -0.0394. The summed E-state index contributed by atoms with van der Waals surface area (Å²) in [5.41, 5.74) is 2.18. The molecule has 18 heavy (non-hydrogen) atoms. The summed E-state index contributed by atoms with van der Waals surface area (Å²) in [4.78, 5) is 9.47. The lowest BCUT2D eigenvalue weighted by molar-refractivity contribution is 0.180. The predicted molar refractivity (Wildman–Crippen MR) is 67.1 cm³/mol. The SMILES string of the molecule is COC[C@H]1CCCN1c1nc(Cl)nc(NN)c1F. The summed E-state index contributed by atoms with van der Waals surface area (Å²) in [6, 6.07) is 0.0982. The Kier molecular flexibility index (Phi) is 4.15. The molecule has 8 heteroatoms. The number of nitrogens with two attached hydrogens (primary N) is 1. The van der Waals surface area contributed by atoms with Gasteiger partial charge in [0.25, 0.3) is 0 Å². The van der Waals surface area contributed by atoms with Crippen molar-refractivity contribution in [1.29, 1.82) is 0 Å². The second-order valence-electron chi connectivity index (χ2n) is 4.07. The fraction of sp³-hybridized carbons (Fsp3) is 0.600. The van der Waals surface area contributed by atoms with Crippen LogP contribution < -0.4 is 16.2 Å². The zero-order valence-electron chi connectivity index (χ0n) is 9.99. The number of nitrogens with zero attached hydrogens (tertiary/aromatic N) is 3. The average Bonchev–Trinajstić information content (AvgIpc) is 2.80. The van der Waals surface area contributed by atoms with E-state index >= 15 is 0 Å². The number of nitrogens with one attached hydrogen (secondary N) is 1. The van der Waals surface area contributed by atoms with Crippen LogP contribution in [-0.4, -0.2) is 36.3 Å². The van der Waals surface area contributed by atoms with Crippen LogP contribution in [0.5, 0.6) is 0 Å². The second-order valence-corrected chi connectivity index (χ2v) is 4.41. The van der Waals surface area contributed by atoms with Crippen molar-refractivity contribution in [3.8, 4) is 0 Å². The first-order valence-corrected chi connectivity index (χ1v) is 6.00. The summed E-state index contributed by atoms with van der Waals surface area (Å²) in [6.45, 7) is 1.23. The third kappa shape index (κ3) is 2.47. The Bertz CT molecular complexity index is 433. The van der Waals surface area contributed by atoms with Gasteiger partial charge in [-0.15, -0.1) is 0 Å². The Balaban J connectivity index is 2.34. The van der Waals surface area contributed by atoms with E-state index in [1.54, 1.807) is 7.11 Å². The van der Waals surface area contributed by atoms with E-state index in [4.69, 9.17) is 22.2 Å². The van der Waals surface area contributed by atoms with Gasteiger partial charge in [0.05, 0.1) is 12.6 Å². The molecule has 2 rings (SSSR count). The van der Waals surface area contributed by atoms with Gasteiger partial charge in [-0.2, -0.15) is 14.4 Å². The van der Waals surface area contributed by atoms with Crippen LogP contribution in [0.3, 0.4) is 0 Å². The Morgan fingerprint density at radius 1 is 1.61 bits per heavy atom.